The van der Waals surface area contributed by atoms with Gasteiger partial charge in [-0.2, -0.15) is 11.8 Å². The van der Waals surface area contributed by atoms with Crippen molar-refractivity contribution in [2.45, 2.75) is 37.2 Å². The Bertz CT molecular complexity index is 207. The Hall–Kier alpha value is 0.230. The third kappa shape index (κ3) is 2.92. The quantitative estimate of drug-likeness (QED) is 0.803. The molecule has 2 fully saturated rings. The van der Waals surface area contributed by atoms with E-state index in [9.17, 15) is 0 Å². The maximum absolute atomic E-state index is 5.70. The predicted molar refractivity (Wildman–Crippen MR) is 70.2 cm³/mol. The van der Waals surface area contributed by atoms with Gasteiger partial charge in [-0.05, 0) is 26.0 Å². The lowest BCUT2D eigenvalue weighted by atomic mass is 10.0. The first-order chi connectivity index (χ1) is 7.85. The Morgan fingerprint density at radius 3 is 2.69 bits per heavy atom. The number of hydrogen-bond donors (Lipinski definition) is 1. The fourth-order valence-corrected chi connectivity index (χ4v) is 3.72. The monoisotopic (exact) mass is 244 g/mol. The van der Waals surface area contributed by atoms with Crippen molar-refractivity contribution in [3.8, 4) is 0 Å². The Kier molecular flexibility index (Phi) is 4.95. The summed E-state index contributed by atoms with van der Waals surface area (Å²) in [5.41, 5.74) is 0. The van der Waals surface area contributed by atoms with E-state index < -0.39 is 0 Å². The van der Waals surface area contributed by atoms with Crippen LogP contribution in [0.5, 0.6) is 0 Å². The number of likely N-dealkylation sites (tertiary alicyclic amines) is 1. The van der Waals surface area contributed by atoms with Gasteiger partial charge in [0, 0.05) is 44.1 Å². The molecule has 0 aromatic carbocycles. The van der Waals surface area contributed by atoms with E-state index in [4.69, 9.17) is 4.74 Å². The van der Waals surface area contributed by atoms with Crippen molar-refractivity contribution >= 4 is 11.8 Å². The second-order valence-electron chi connectivity index (χ2n) is 4.69. The first-order valence-electron chi connectivity index (χ1n) is 6.44. The molecule has 2 aliphatic rings. The van der Waals surface area contributed by atoms with Crippen molar-refractivity contribution in [2.24, 2.45) is 0 Å². The van der Waals surface area contributed by atoms with Gasteiger partial charge in [0.25, 0.3) is 0 Å². The minimum Gasteiger partial charge on any atom is -0.378 e. The smallest absolute Gasteiger partial charge is 0.0599 e. The molecule has 2 saturated heterocycles. The van der Waals surface area contributed by atoms with Gasteiger partial charge in [-0.25, -0.2) is 0 Å². The fourth-order valence-electron chi connectivity index (χ4n) is 2.86. The van der Waals surface area contributed by atoms with Gasteiger partial charge in [0.05, 0.1) is 6.10 Å². The predicted octanol–water partition coefficient (Wildman–Crippen LogP) is 1.19. The van der Waals surface area contributed by atoms with E-state index in [0.717, 1.165) is 17.9 Å². The molecule has 2 heterocycles. The highest BCUT2D eigenvalue weighted by Gasteiger charge is 2.33. The van der Waals surface area contributed by atoms with E-state index in [1.807, 2.05) is 11.8 Å². The number of piperidine rings is 1. The zero-order valence-corrected chi connectivity index (χ0v) is 11.3. The molecular weight excluding hydrogens is 220 g/mol. The van der Waals surface area contributed by atoms with Crippen LogP contribution in [0, 0.1) is 0 Å². The SMILES string of the molecule is CCOC1CCN(C2CNCC2SC)CC1. The summed E-state index contributed by atoms with van der Waals surface area (Å²) in [5.74, 6) is 0. The number of thioether (sulfide) groups is 1. The molecule has 0 aromatic heterocycles. The number of ether oxygens (including phenoxy) is 1. The molecule has 16 heavy (non-hydrogen) atoms. The maximum atomic E-state index is 5.70. The van der Waals surface area contributed by atoms with Gasteiger partial charge in [0.2, 0.25) is 0 Å². The Morgan fingerprint density at radius 2 is 2.06 bits per heavy atom. The summed E-state index contributed by atoms with van der Waals surface area (Å²) in [7, 11) is 0. The molecule has 0 saturated carbocycles. The summed E-state index contributed by atoms with van der Waals surface area (Å²) < 4.78 is 5.70. The number of hydrogen-bond acceptors (Lipinski definition) is 4. The van der Waals surface area contributed by atoms with Gasteiger partial charge in [-0.3, -0.25) is 4.90 Å². The van der Waals surface area contributed by atoms with E-state index >= 15 is 0 Å². The molecule has 2 rings (SSSR count). The Balaban J connectivity index is 1.79. The van der Waals surface area contributed by atoms with Crippen molar-refractivity contribution < 1.29 is 4.74 Å². The highest BCUT2D eigenvalue weighted by Crippen LogP contribution is 2.24. The summed E-state index contributed by atoms with van der Waals surface area (Å²) in [4.78, 5) is 2.66. The summed E-state index contributed by atoms with van der Waals surface area (Å²) in [6, 6.07) is 0.748. The van der Waals surface area contributed by atoms with Crippen LogP contribution in [0.25, 0.3) is 0 Å². The van der Waals surface area contributed by atoms with Gasteiger partial charge in [0.1, 0.15) is 0 Å². The van der Waals surface area contributed by atoms with Gasteiger partial charge in [-0.1, -0.05) is 0 Å². The van der Waals surface area contributed by atoms with Crippen molar-refractivity contribution in [2.75, 3.05) is 39.0 Å². The first-order valence-corrected chi connectivity index (χ1v) is 7.73. The van der Waals surface area contributed by atoms with E-state index in [0.29, 0.717) is 6.10 Å². The van der Waals surface area contributed by atoms with Crippen LogP contribution in [0.3, 0.4) is 0 Å². The highest BCUT2D eigenvalue weighted by molar-refractivity contribution is 7.99. The molecule has 0 radical (unpaired) electrons. The molecule has 2 aliphatic heterocycles. The molecule has 2 atom stereocenters. The minimum absolute atomic E-state index is 0.517. The van der Waals surface area contributed by atoms with Crippen molar-refractivity contribution in [1.29, 1.82) is 0 Å². The van der Waals surface area contributed by atoms with Gasteiger partial charge >= 0.3 is 0 Å². The molecule has 3 nitrogen and oxygen atoms in total. The Labute approximate surface area is 103 Å². The van der Waals surface area contributed by atoms with Gasteiger partial charge in [0.15, 0.2) is 0 Å². The van der Waals surface area contributed by atoms with Crippen LogP contribution in [0.15, 0.2) is 0 Å². The number of nitrogens with zero attached hydrogens (tertiary/aromatic N) is 1. The second-order valence-corrected chi connectivity index (χ2v) is 5.77. The first kappa shape index (κ1) is 12.7. The third-order valence-electron chi connectivity index (χ3n) is 3.78. The molecule has 1 N–H and O–H groups in total. The molecule has 0 aliphatic carbocycles. The number of nitrogens with one attached hydrogen (secondary N) is 1. The van der Waals surface area contributed by atoms with Crippen LogP contribution < -0.4 is 5.32 Å². The summed E-state index contributed by atoms with van der Waals surface area (Å²) in [6.07, 6.45) is 5.18. The van der Waals surface area contributed by atoms with Crippen LogP contribution in [-0.2, 0) is 4.74 Å². The van der Waals surface area contributed by atoms with Crippen LogP contribution in [0.1, 0.15) is 19.8 Å². The summed E-state index contributed by atoms with van der Waals surface area (Å²) >= 11 is 2.01. The van der Waals surface area contributed by atoms with Crippen LogP contribution in [-0.4, -0.2) is 61.3 Å². The summed E-state index contributed by atoms with van der Waals surface area (Å²) in [5, 5.41) is 4.29. The van der Waals surface area contributed by atoms with Crippen molar-refractivity contribution in [3.05, 3.63) is 0 Å². The van der Waals surface area contributed by atoms with Crippen LogP contribution >= 0.6 is 11.8 Å². The second kappa shape index (κ2) is 6.24. The molecule has 0 bridgehead atoms. The zero-order chi connectivity index (χ0) is 11.4. The molecule has 0 spiro atoms. The van der Waals surface area contributed by atoms with Crippen molar-refractivity contribution in [3.63, 3.8) is 0 Å². The average Bonchev–Trinajstić information content (AvgIpc) is 2.78. The molecular formula is C12H24N2OS. The van der Waals surface area contributed by atoms with Crippen LogP contribution in [0.4, 0.5) is 0 Å². The molecule has 94 valence electrons. The topological polar surface area (TPSA) is 24.5 Å². The van der Waals surface area contributed by atoms with Crippen molar-refractivity contribution in [1.82, 2.24) is 10.2 Å². The summed E-state index contributed by atoms with van der Waals surface area (Å²) in [6.45, 7) is 7.74. The van der Waals surface area contributed by atoms with E-state index in [-0.39, 0.29) is 0 Å². The lowest BCUT2D eigenvalue weighted by molar-refractivity contribution is 0.00645. The number of rotatable bonds is 4. The standard InChI is InChI=1S/C12H24N2OS/c1-3-15-10-4-6-14(7-5-10)11-8-13-9-12(11)16-2/h10-13H,3-9H2,1-2H3. The lowest BCUT2D eigenvalue weighted by Gasteiger charge is -2.37. The molecule has 2 unspecified atom stereocenters. The van der Waals surface area contributed by atoms with Crippen LogP contribution in [0.2, 0.25) is 0 Å². The van der Waals surface area contributed by atoms with E-state index in [1.54, 1.807) is 0 Å². The highest BCUT2D eigenvalue weighted by atomic mass is 32.2. The molecule has 0 aromatic rings. The Morgan fingerprint density at radius 1 is 1.31 bits per heavy atom. The zero-order valence-electron chi connectivity index (χ0n) is 10.4. The lowest BCUT2D eigenvalue weighted by Crippen LogP contribution is -2.47. The normalized spacial score (nSPS) is 33.4. The average molecular weight is 244 g/mol. The van der Waals surface area contributed by atoms with E-state index in [2.05, 4.69) is 23.4 Å². The fraction of sp³-hybridized carbons (Fsp3) is 1.00. The molecule has 0 amide bonds. The van der Waals surface area contributed by atoms with Gasteiger partial charge in [-0.15, -0.1) is 0 Å². The van der Waals surface area contributed by atoms with Gasteiger partial charge < -0.3 is 10.1 Å². The third-order valence-corrected chi connectivity index (χ3v) is 4.87. The van der Waals surface area contributed by atoms with E-state index in [1.165, 1.54) is 39.0 Å². The maximum Gasteiger partial charge on any atom is 0.0599 e. The minimum atomic E-state index is 0.517. The molecule has 4 heteroatoms. The largest absolute Gasteiger partial charge is 0.378 e.